The van der Waals surface area contributed by atoms with Crippen molar-refractivity contribution in [1.82, 2.24) is 10.6 Å². The van der Waals surface area contributed by atoms with Gasteiger partial charge in [-0.3, -0.25) is 0 Å². The second-order valence-electron chi connectivity index (χ2n) is 5.06. The monoisotopic (exact) mass is 290 g/mol. The molecule has 8 heteroatoms. The van der Waals surface area contributed by atoms with E-state index < -0.39 is 29.8 Å². The van der Waals surface area contributed by atoms with Gasteiger partial charge < -0.3 is 15.4 Å². The maximum Gasteiger partial charge on any atom is 0.407 e. The van der Waals surface area contributed by atoms with Gasteiger partial charge in [-0.2, -0.15) is 13.2 Å². The Labute approximate surface area is 110 Å². The van der Waals surface area contributed by atoms with E-state index in [-0.39, 0.29) is 25.5 Å². The molecule has 0 radical (unpaired) electrons. The maximum atomic E-state index is 12.6. The van der Waals surface area contributed by atoms with Crippen LogP contribution in [0.1, 0.15) is 20.8 Å². The van der Waals surface area contributed by atoms with Crippen molar-refractivity contribution in [1.29, 1.82) is 0 Å². The lowest BCUT2D eigenvalue weighted by Gasteiger charge is -2.25. The predicted molar refractivity (Wildman–Crippen MR) is 62.8 cm³/mol. The molecule has 1 aliphatic heterocycles. The molecule has 2 atom stereocenters. The lowest BCUT2D eigenvalue weighted by Crippen LogP contribution is -2.47. The zero-order valence-electron chi connectivity index (χ0n) is 10.4. The Hall–Kier alpha value is -0.690. The molecule has 1 fully saturated rings. The van der Waals surface area contributed by atoms with E-state index in [1.54, 1.807) is 20.8 Å². The average Bonchev–Trinajstić information content (AvgIpc) is 2.46. The summed E-state index contributed by atoms with van der Waals surface area (Å²) in [5.74, 6) is -1.56. The molecule has 1 rings (SSSR count). The predicted octanol–water partition coefficient (Wildman–Crippen LogP) is 2.08. The van der Waals surface area contributed by atoms with E-state index in [0.29, 0.717) is 0 Å². The van der Waals surface area contributed by atoms with Crippen LogP contribution in [0.5, 0.6) is 0 Å². The van der Waals surface area contributed by atoms with Crippen molar-refractivity contribution >= 4 is 18.5 Å². The van der Waals surface area contributed by atoms with Crippen molar-refractivity contribution in [3.63, 3.8) is 0 Å². The molecule has 4 nitrogen and oxygen atoms in total. The Morgan fingerprint density at radius 3 is 2.28 bits per heavy atom. The second kappa shape index (κ2) is 5.97. The van der Waals surface area contributed by atoms with Crippen LogP contribution in [0, 0.1) is 5.92 Å². The van der Waals surface area contributed by atoms with Crippen molar-refractivity contribution in [2.24, 2.45) is 5.92 Å². The molecule has 1 saturated heterocycles. The van der Waals surface area contributed by atoms with Crippen LogP contribution in [-0.2, 0) is 4.74 Å². The van der Waals surface area contributed by atoms with Gasteiger partial charge in [0.15, 0.2) is 0 Å². The Morgan fingerprint density at radius 1 is 1.28 bits per heavy atom. The lowest BCUT2D eigenvalue weighted by molar-refractivity contribution is -0.173. The highest BCUT2D eigenvalue weighted by Crippen LogP contribution is 2.30. The SMILES string of the molecule is CC(C)(C)OC(=O)NC1CNCC1C(F)(F)F.Cl. The molecule has 0 bridgehead atoms. The average molecular weight is 291 g/mol. The van der Waals surface area contributed by atoms with Crippen molar-refractivity contribution < 1.29 is 22.7 Å². The first kappa shape index (κ1) is 17.3. The summed E-state index contributed by atoms with van der Waals surface area (Å²) < 4.78 is 42.6. The summed E-state index contributed by atoms with van der Waals surface area (Å²) >= 11 is 0. The summed E-state index contributed by atoms with van der Waals surface area (Å²) in [7, 11) is 0. The van der Waals surface area contributed by atoms with Crippen LogP contribution in [0.3, 0.4) is 0 Å². The van der Waals surface area contributed by atoms with E-state index in [1.165, 1.54) is 0 Å². The standard InChI is InChI=1S/C10H17F3N2O2.ClH/c1-9(2,3)17-8(16)15-7-5-14-4-6(7)10(11,12)13;/h6-7,14H,4-5H2,1-3H3,(H,15,16);1H. The third-order valence-electron chi connectivity index (χ3n) is 2.34. The topological polar surface area (TPSA) is 50.4 Å². The highest BCUT2D eigenvalue weighted by atomic mass is 35.5. The van der Waals surface area contributed by atoms with E-state index in [0.717, 1.165) is 0 Å². The van der Waals surface area contributed by atoms with Gasteiger partial charge in [0, 0.05) is 13.1 Å². The molecule has 0 aliphatic carbocycles. The van der Waals surface area contributed by atoms with Crippen LogP contribution in [-0.4, -0.2) is 37.0 Å². The molecule has 18 heavy (non-hydrogen) atoms. The number of amides is 1. The van der Waals surface area contributed by atoms with Gasteiger partial charge in [0.1, 0.15) is 5.60 Å². The minimum Gasteiger partial charge on any atom is -0.444 e. The number of nitrogens with one attached hydrogen (secondary N) is 2. The van der Waals surface area contributed by atoms with Crippen LogP contribution < -0.4 is 10.6 Å². The van der Waals surface area contributed by atoms with Crippen molar-refractivity contribution in [2.75, 3.05) is 13.1 Å². The van der Waals surface area contributed by atoms with Crippen LogP contribution in [0.4, 0.5) is 18.0 Å². The van der Waals surface area contributed by atoms with Crippen LogP contribution in [0.15, 0.2) is 0 Å². The zero-order valence-corrected chi connectivity index (χ0v) is 11.2. The normalized spacial score (nSPS) is 24.3. The zero-order chi connectivity index (χ0) is 13.3. The number of hydrogen-bond donors (Lipinski definition) is 2. The summed E-state index contributed by atoms with van der Waals surface area (Å²) in [6.45, 7) is 4.88. The fraction of sp³-hybridized carbons (Fsp3) is 0.900. The first-order chi connectivity index (χ1) is 7.59. The summed E-state index contributed by atoms with van der Waals surface area (Å²) in [6, 6.07) is -0.968. The summed E-state index contributed by atoms with van der Waals surface area (Å²) in [4.78, 5) is 11.4. The molecular formula is C10H18ClF3N2O2. The number of hydrogen-bond acceptors (Lipinski definition) is 3. The molecule has 0 saturated carbocycles. The number of carbonyl (C=O) groups excluding carboxylic acids is 1. The largest absolute Gasteiger partial charge is 0.444 e. The summed E-state index contributed by atoms with van der Waals surface area (Å²) in [6.07, 6.45) is -5.14. The number of rotatable bonds is 1. The highest BCUT2D eigenvalue weighted by Gasteiger charge is 2.47. The van der Waals surface area contributed by atoms with E-state index in [9.17, 15) is 18.0 Å². The fourth-order valence-corrected chi connectivity index (χ4v) is 1.63. The van der Waals surface area contributed by atoms with Crippen molar-refractivity contribution in [2.45, 2.75) is 38.6 Å². The summed E-state index contributed by atoms with van der Waals surface area (Å²) in [5, 5.41) is 4.86. The third-order valence-corrected chi connectivity index (χ3v) is 2.34. The summed E-state index contributed by atoms with van der Waals surface area (Å²) in [5.41, 5.74) is -0.718. The fourth-order valence-electron chi connectivity index (χ4n) is 1.63. The Balaban J connectivity index is 0.00000289. The molecule has 0 spiro atoms. The van der Waals surface area contributed by atoms with Crippen LogP contribution >= 0.6 is 12.4 Å². The first-order valence-electron chi connectivity index (χ1n) is 5.36. The third kappa shape index (κ3) is 5.30. The lowest BCUT2D eigenvalue weighted by atomic mass is 10.0. The van der Waals surface area contributed by atoms with Crippen LogP contribution in [0.2, 0.25) is 0 Å². The second-order valence-corrected chi connectivity index (χ2v) is 5.06. The van der Waals surface area contributed by atoms with E-state index in [2.05, 4.69) is 10.6 Å². The molecule has 2 unspecified atom stereocenters. The van der Waals surface area contributed by atoms with E-state index >= 15 is 0 Å². The molecule has 1 aliphatic rings. The van der Waals surface area contributed by atoms with E-state index in [4.69, 9.17) is 4.74 Å². The maximum absolute atomic E-state index is 12.6. The molecule has 0 aromatic carbocycles. The van der Waals surface area contributed by atoms with Gasteiger partial charge in [-0.15, -0.1) is 12.4 Å². The number of ether oxygens (including phenoxy) is 1. The van der Waals surface area contributed by atoms with Gasteiger partial charge in [-0.25, -0.2) is 4.79 Å². The molecule has 1 heterocycles. The number of alkyl carbamates (subject to hydrolysis) is 1. The quantitative estimate of drug-likeness (QED) is 0.777. The number of alkyl halides is 3. The Morgan fingerprint density at radius 2 is 1.83 bits per heavy atom. The highest BCUT2D eigenvalue weighted by molar-refractivity contribution is 5.85. The minimum absolute atomic E-state index is 0. The van der Waals surface area contributed by atoms with Gasteiger partial charge >= 0.3 is 12.3 Å². The molecule has 108 valence electrons. The molecular weight excluding hydrogens is 273 g/mol. The Bertz CT molecular complexity index is 292. The van der Waals surface area contributed by atoms with E-state index in [1.807, 2.05) is 0 Å². The molecule has 0 aromatic rings. The van der Waals surface area contributed by atoms with Gasteiger partial charge in [-0.1, -0.05) is 0 Å². The van der Waals surface area contributed by atoms with Gasteiger partial charge in [0.05, 0.1) is 12.0 Å². The molecule has 2 N–H and O–H groups in total. The van der Waals surface area contributed by atoms with Gasteiger partial charge in [0.25, 0.3) is 0 Å². The molecule has 1 amide bonds. The minimum atomic E-state index is -4.32. The number of carbonyl (C=O) groups is 1. The first-order valence-corrected chi connectivity index (χ1v) is 5.36. The molecule has 0 aromatic heterocycles. The van der Waals surface area contributed by atoms with Gasteiger partial charge in [0.2, 0.25) is 0 Å². The Kier molecular flexibility index (Phi) is 5.74. The number of halogens is 4. The van der Waals surface area contributed by atoms with Crippen molar-refractivity contribution in [3.05, 3.63) is 0 Å². The van der Waals surface area contributed by atoms with Crippen LogP contribution in [0.25, 0.3) is 0 Å². The smallest absolute Gasteiger partial charge is 0.407 e. The van der Waals surface area contributed by atoms with Gasteiger partial charge in [-0.05, 0) is 20.8 Å². The van der Waals surface area contributed by atoms with Crippen molar-refractivity contribution in [3.8, 4) is 0 Å².